The molecule has 1 aliphatic heterocycles. The Hall–Kier alpha value is -1.07. The third-order valence-electron chi connectivity index (χ3n) is 3.79. The van der Waals surface area contributed by atoms with E-state index >= 15 is 0 Å². The zero-order valence-corrected chi connectivity index (χ0v) is 12.6. The Morgan fingerprint density at radius 3 is 2.79 bits per heavy atom. The van der Waals surface area contributed by atoms with Gasteiger partial charge in [0.05, 0.1) is 4.90 Å². The molecule has 19 heavy (non-hydrogen) atoms. The van der Waals surface area contributed by atoms with Crippen LogP contribution >= 0.6 is 0 Å². The number of anilines is 1. The van der Waals surface area contributed by atoms with Crippen molar-refractivity contribution >= 4 is 15.7 Å². The van der Waals surface area contributed by atoms with E-state index in [0.717, 1.165) is 30.6 Å². The maximum absolute atomic E-state index is 12.3. The summed E-state index contributed by atoms with van der Waals surface area (Å²) in [7, 11) is -3.40. The van der Waals surface area contributed by atoms with Crippen molar-refractivity contribution in [3.8, 4) is 0 Å². The van der Waals surface area contributed by atoms with Crippen LogP contribution in [0.3, 0.4) is 0 Å². The van der Waals surface area contributed by atoms with E-state index < -0.39 is 10.0 Å². The van der Waals surface area contributed by atoms with Crippen LogP contribution in [0, 0.1) is 5.41 Å². The fourth-order valence-corrected chi connectivity index (χ4v) is 3.24. The second kappa shape index (κ2) is 5.13. The molecule has 0 unspecified atom stereocenters. The largest absolute Gasteiger partial charge is 0.384 e. The predicted octanol–water partition coefficient (Wildman–Crippen LogP) is 2.37. The van der Waals surface area contributed by atoms with Gasteiger partial charge in [0.2, 0.25) is 10.0 Å². The molecule has 0 saturated heterocycles. The summed E-state index contributed by atoms with van der Waals surface area (Å²) in [6.45, 7) is 7.52. The third kappa shape index (κ3) is 3.28. The van der Waals surface area contributed by atoms with Gasteiger partial charge >= 0.3 is 0 Å². The monoisotopic (exact) mass is 282 g/mol. The lowest BCUT2D eigenvalue weighted by Crippen LogP contribution is -2.33. The Bertz CT molecular complexity index is 565. The zero-order valence-electron chi connectivity index (χ0n) is 11.8. The minimum atomic E-state index is -3.40. The first-order chi connectivity index (χ1) is 8.84. The fraction of sp³-hybridized carbons (Fsp3) is 0.571. The van der Waals surface area contributed by atoms with Crippen molar-refractivity contribution in [2.24, 2.45) is 5.41 Å². The van der Waals surface area contributed by atoms with Crippen molar-refractivity contribution < 1.29 is 8.42 Å². The van der Waals surface area contributed by atoms with Crippen LogP contribution in [0.25, 0.3) is 0 Å². The van der Waals surface area contributed by atoms with E-state index in [9.17, 15) is 8.42 Å². The average molecular weight is 282 g/mol. The summed E-state index contributed by atoms with van der Waals surface area (Å²) in [5.74, 6) is 0. The lowest BCUT2D eigenvalue weighted by Gasteiger charge is -2.22. The van der Waals surface area contributed by atoms with Crippen LogP contribution in [0.5, 0.6) is 0 Å². The first kappa shape index (κ1) is 14.3. The van der Waals surface area contributed by atoms with E-state index in [1.54, 1.807) is 12.1 Å². The van der Waals surface area contributed by atoms with Crippen LogP contribution in [0.4, 0.5) is 5.69 Å². The average Bonchev–Trinajstić information content (AvgIpc) is 2.84. The van der Waals surface area contributed by atoms with Gasteiger partial charge in [-0.05, 0) is 42.0 Å². The van der Waals surface area contributed by atoms with E-state index in [-0.39, 0.29) is 5.41 Å². The molecule has 5 heteroatoms. The van der Waals surface area contributed by atoms with Gasteiger partial charge in [-0.2, -0.15) is 0 Å². The second-order valence-corrected chi connectivity index (χ2v) is 7.61. The fourth-order valence-electron chi connectivity index (χ4n) is 1.95. The molecule has 1 aromatic carbocycles. The molecule has 0 spiro atoms. The molecule has 0 saturated carbocycles. The van der Waals surface area contributed by atoms with Crippen LogP contribution in [0.15, 0.2) is 23.1 Å². The normalized spacial score (nSPS) is 15.1. The van der Waals surface area contributed by atoms with E-state index in [1.807, 2.05) is 6.07 Å². The van der Waals surface area contributed by atoms with Gasteiger partial charge in [-0.1, -0.05) is 20.8 Å². The van der Waals surface area contributed by atoms with Gasteiger partial charge in [-0.25, -0.2) is 13.1 Å². The second-order valence-electron chi connectivity index (χ2n) is 5.84. The van der Waals surface area contributed by atoms with Crippen molar-refractivity contribution in [3.63, 3.8) is 0 Å². The molecule has 2 N–H and O–H groups in total. The zero-order chi connectivity index (χ0) is 14.1. The first-order valence-corrected chi connectivity index (χ1v) is 8.19. The van der Waals surface area contributed by atoms with Crippen molar-refractivity contribution in [2.45, 2.75) is 38.5 Å². The first-order valence-electron chi connectivity index (χ1n) is 6.70. The molecular weight excluding hydrogens is 260 g/mol. The standard InChI is InChI=1S/C14H22N2O2S/c1-4-14(2,3)10-16-19(17,18)12-5-6-13-11(9-12)7-8-15-13/h5-6,9,15-16H,4,7-8,10H2,1-3H3. The molecule has 106 valence electrons. The smallest absolute Gasteiger partial charge is 0.240 e. The highest BCUT2D eigenvalue weighted by Gasteiger charge is 2.22. The van der Waals surface area contributed by atoms with Crippen molar-refractivity contribution in [1.82, 2.24) is 4.72 Å². The molecule has 0 fully saturated rings. The van der Waals surface area contributed by atoms with Crippen LogP contribution in [0.1, 0.15) is 32.8 Å². The number of rotatable bonds is 5. The van der Waals surface area contributed by atoms with Crippen LogP contribution in [-0.2, 0) is 16.4 Å². The molecule has 0 aliphatic carbocycles. The SMILES string of the molecule is CCC(C)(C)CNS(=O)(=O)c1ccc2c(c1)CCN2. The number of nitrogens with one attached hydrogen (secondary N) is 2. The molecule has 1 aromatic rings. The van der Waals surface area contributed by atoms with Gasteiger partial charge in [-0.15, -0.1) is 0 Å². The topological polar surface area (TPSA) is 58.2 Å². The minimum absolute atomic E-state index is 0.0225. The molecule has 1 heterocycles. The molecule has 0 bridgehead atoms. The molecule has 4 nitrogen and oxygen atoms in total. The van der Waals surface area contributed by atoms with E-state index in [4.69, 9.17) is 0 Å². The minimum Gasteiger partial charge on any atom is -0.384 e. The van der Waals surface area contributed by atoms with Crippen molar-refractivity contribution in [3.05, 3.63) is 23.8 Å². The number of sulfonamides is 1. The van der Waals surface area contributed by atoms with Gasteiger partial charge in [0.15, 0.2) is 0 Å². The highest BCUT2D eigenvalue weighted by molar-refractivity contribution is 7.89. The number of hydrogen-bond acceptors (Lipinski definition) is 3. The number of benzene rings is 1. The molecule has 0 atom stereocenters. The molecular formula is C14H22N2O2S. The summed E-state index contributed by atoms with van der Waals surface area (Å²) >= 11 is 0. The molecule has 1 aliphatic rings. The van der Waals surface area contributed by atoms with Crippen molar-refractivity contribution in [1.29, 1.82) is 0 Å². The van der Waals surface area contributed by atoms with Crippen molar-refractivity contribution in [2.75, 3.05) is 18.4 Å². The summed E-state index contributed by atoms with van der Waals surface area (Å²) in [4.78, 5) is 0.363. The maximum Gasteiger partial charge on any atom is 0.240 e. The summed E-state index contributed by atoms with van der Waals surface area (Å²) in [5, 5.41) is 3.23. The Labute approximate surface area is 115 Å². The molecule has 0 amide bonds. The van der Waals surface area contributed by atoms with E-state index in [2.05, 4.69) is 30.8 Å². The number of hydrogen-bond donors (Lipinski definition) is 2. The molecule has 0 radical (unpaired) electrons. The van der Waals surface area contributed by atoms with Gasteiger partial charge in [0.25, 0.3) is 0 Å². The van der Waals surface area contributed by atoms with Crippen LogP contribution in [-0.4, -0.2) is 21.5 Å². The van der Waals surface area contributed by atoms with Crippen LogP contribution in [0.2, 0.25) is 0 Å². The third-order valence-corrected chi connectivity index (χ3v) is 5.19. The Kier molecular flexibility index (Phi) is 3.87. The lowest BCUT2D eigenvalue weighted by atomic mass is 9.91. The van der Waals surface area contributed by atoms with Gasteiger partial charge in [0, 0.05) is 18.8 Å². The quantitative estimate of drug-likeness (QED) is 0.871. The molecule has 0 aromatic heterocycles. The summed E-state index contributed by atoms with van der Waals surface area (Å²) in [6, 6.07) is 5.29. The number of fused-ring (bicyclic) bond motifs is 1. The van der Waals surface area contributed by atoms with E-state index in [0.29, 0.717) is 11.4 Å². The highest BCUT2D eigenvalue weighted by Crippen LogP contribution is 2.25. The maximum atomic E-state index is 12.3. The summed E-state index contributed by atoms with van der Waals surface area (Å²) in [5.41, 5.74) is 2.11. The Morgan fingerprint density at radius 2 is 2.11 bits per heavy atom. The van der Waals surface area contributed by atoms with Gasteiger partial charge in [-0.3, -0.25) is 0 Å². The van der Waals surface area contributed by atoms with E-state index in [1.165, 1.54) is 0 Å². The Morgan fingerprint density at radius 1 is 1.37 bits per heavy atom. The van der Waals surface area contributed by atoms with Crippen LogP contribution < -0.4 is 10.0 Å². The van der Waals surface area contributed by atoms with Gasteiger partial charge in [0.1, 0.15) is 0 Å². The summed E-state index contributed by atoms with van der Waals surface area (Å²) < 4.78 is 27.2. The lowest BCUT2D eigenvalue weighted by molar-refractivity contribution is 0.350. The summed E-state index contributed by atoms with van der Waals surface area (Å²) in [6.07, 6.45) is 1.82. The van der Waals surface area contributed by atoms with Gasteiger partial charge < -0.3 is 5.32 Å². The predicted molar refractivity (Wildman–Crippen MR) is 77.9 cm³/mol. The highest BCUT2D eigenvalue weighted by atomic mass is 32.2. The molecule has 2 rings (SSSR count). The Balaban J connectivity index is 2.16.